The second-order valence-electron chi connectivity index (χ2n) is 4.87. The monoisotopic (exact) mass is 278 g/mol. The lowest BCUT2D eigenvalue weighted by Crippen LogP contribution is -2.12. The van der Waals surface area contributed by atoms with Crippen molar-refractivity contribution in [3.05, 3.63) is 24.3 Å². The largest absolute Gasteiger partial charge is 0.492 e. The number of carbonyl (C=O) groups is 1. The van der Waals surface area contributed by atoms with Gasteiger partial charge in [-0.25, -0.2) is 0 Å². The standard InChI is InChI=1S/C16H26N2O2/c1-2-3-4-5-6-7-16(19)18-14-8-10-15(11-9-14)20-13-12-17/h8-11H,2-7,12-13,17H2,1H3,(H,18,19). The smallest absolute Gasteiger partial charge is 0.224 e. The van der Waals surface area contributed by atoms with E-state index in [0.29, 0.717) is 19.6 Å². The number of unbranched alkanes of at least 4 members (excludes halogenated alkanes) is 4. The molecule has 0 saturated carbocycles. The quantitative estimate of drug-likeness (QED) is 0.645. The highest BCUT2D eigenvalue weighted by atomic mass is 16.5. The summed E-state index contributed by atoms with van der Waals surface area (Å²) < 4.78 is 5.38. The first-order valence-corrected chi connectivity index (χ1v) is 7.49. The van der Waals surface area contributed by atoms with Gasteiger partial charge in [0, 0.05) is 18.7 Å². The lowest BCUT2D eigenvalue weighted by Gasteiger charge is -2.07. The SMILES string of the molecule is CCCCCCCC(=O)Nc1ccc(OCCN)cc1. The molecule has 112 valence electrons. The molecule has 1 aromatic carbocycles. The van der Waals surface area contributed by atoms with Gasteiger partial charge in [-0.15, -0.1) is 0 Å². The number of ether oxygens (including phenoxy) is 1. The molecule has 4 heteroatoms. The molecule has 0 aliphatic carbocycles. The van der Waals surface area contributed by atoms with Gasteiger partial charge in [0.05, 0.1) is 0 Å². The van der Waals surface area contributed by atoms with Crippen LogP contribution in [0.25, 0.3) is 0 Å². The fourth-order valence-corrected chi connectivity index (χ4v) is 1.92. The summed E-state index contributed by atoms with van der Waals surface area (Å²) in [6.07, 6.45) is 6.39. The number of anilines is 1. The van der Waals surface area contributed by atoms with Crippen molar-refractivity contribution in [1.29, 1.82) is 0 Å². The predicted molar refractivity (Wildman–Crippen MR) is 83.0 cm³/mol. The maximum atomic E-state index is 11.7. The second kappa shape index (κ2) is 10.3. The van der Waals surface area contributed by atoms with Crippen LogP contribution in [0.15, 0.2) is 24.3 Å². The van der Waals surface area contributed by atoms with Crippen LogP contribution in [0.3, 0.4) is 0 Å². The van der Waals surface area contributed by atoms with Crippen LogP contribution in [-0.2, 0) is 4.79 Å². The Kier molecular flexibility index (Phi) is 8.47. The summed E-state index contributed by atoms with van der Waals surface area (Å²) in [4.78, 5) is 11.7. The number of nitrogens with one attached hydrogen (secondary N) is 1. The van der Waals surface area contributed by atoms with Crippen LogP contribution in [0.2, 0.25) is 0 Å². The van der Waals surface area contributed by atoms with Crippen molar-refractivity contribution in [2.75, 3.05) is 18.5 Å². The summed E-state index contributed by atoms with van der Waals surface area (Å²) >= 11 is 0. The van der Waals surface area contributed by atoms with Crippen molar-refractivity contribution in [2.24, 2.45) is 5.73 Å². The van der Waals surface area contributed by atoms with Crippen LogP contribution >= 0.6 is 0 Å². The number of hydrogen-bond donors (Lipinski definition) is 2. The third-order valence-electron chi connectivity index (χ3n) is 3.03. The average Bonchev–Trinajstić information content (AvgIpc) is 2.46. The van der Waals surface area contributed by atoms with E-state index in [4.69, 9.17) is 10.5 Å². The van der Waals surface area contributed by atoms with E-state index in [-0.39, 0.29) is 5.91 Å². The van der Waals surface area contributed by atoms with Crippen LogP contribution in [0, 0.1) is 0 Å². The molecule has 0 saturated heterocycles. The van der Waals surface area contributed by atoms with Gasteiger partial charge in [-0.3, -0.25) is 4.79 Å². The summed E-state index contributed by atoms with van der Waals surface area (Å²) in [6, 6.07) is 7.38. The fraction of sp³-hybridized carbons (Fsp3) is 0.562. The number of rotatable bonds is 10. The van der Waals surface area contributed by atoms with Crippen LogP contribution in [-0.4, -0.2) is 19.1 Å². The average molecular weight is 278 g/mol. The normalized spacial score (nSPS) is 10.3. The van der Waals surface area contributed by atoms with Crippen molar-refractivity contribution < 1.29 is 9.53 Å². The lowest BCUT2D eigenvalue weighted by molar-refractivity contribution is -0.116. The summed E-state index contributed by atoms with van der Waals surface area (Å²) in [5.74, 6) is 0.852. The Morgan fingerprint density at radius 3 is 2.50 bits per heavy atom. The summed E-state index contributed by atoms with van der Waals surface area (Å²) in [5, 5.41) is 2.90. The molecule has 0 aliphatic heterocycles. The summed E-state index contributed by atoms with van der Waals surface area (Å²) in [5.41, 5.74) is 6.18. The molecule has 0 bridgehead atoms. The molecule has 0 unspecified atom stereocenters. The van der Waals surface area contributed by atoms with Gasteiger partial charge in [0.2, 0.25) is 5.91 Å². The van der Waals surface area contributed by atoms with Crippen molar-refractivity contribution in [3.8, 4) is 5.75 Å². The zero-order chi connectivity index (χ0) is 14.6. The predicted octanol–water partition coefficient (Wildman–Crippen LogP) is 3.32. The van der Waals surface area contributed by atoms with E-state index in [1.807, 2.05) is 24.3 Å². The van der Waals surface area contributed by atoms with Crippen molar-refractivity contribution >= 4 is 11.6 Å². The van der Waals surface area contributed by atoms with Crippen molar-refractivity contribution in [3.63, 3.8) is 0 Å². The minimum absolute atomic E-state index is 0.0807. The van der Waals surface area contributed by atoms with E-state index >= 15 is 0 Å². The Labute approximate surface area is 121 Å². The molecule has 1 aromatic rings. The van der Waals surface area contributed by atoms with Gasteiger partial charge >= 0.3 is 0 Å². The summed E-state index contributed by atoms with van der Waals surface area (Å²) in [7, 11) is 0. The Morgan fingerprint density at radius 2 is 1.85 bits per heavy atom. The van der Waals surface area contributed by atoms with Crippen LogP contribution < -0.4 is 15.8 Å². The van der Waals surface area contributed by atoms with E-state index in [9.17, 15) is 4.79 Å². The van der Waals surface area contributed by atoms with Gasteiger partial charge in [0.15, 0.2) is 0 Å². The lowest BCUT2D eigenvalue weighted by atomic mass is 10.1. The Bertz CT molecular complexity index is 377. The molecule has 0 heterocycles. The first-order valence-electron chi connectivity index (χ1n) is 7.49. The number of nitrogens with two attached hydrogens (primary N) is 1. The highest BCUT2D eigenvalue weighted by molar-refractivity contribution is 5.90. The van der Waals surface area contributed by atoms with Crippen molar-refractivity contribution in [2.45, 2.75) is 45.4 Å². The summed E-state index contributed by atoms with van der Waals surface area (Å²) in [6.45, 7) is 3.19. The van der Waals surface area contributed by atoms with E-state index in [1.54, 1.807) is 0 Å². The zero-order valence-electron chi connectivity index (χ0n) is 12.4. The van der Waals surface area contributed by atoms with Gasteiger partial charge < -0.3 is 15.8 Å². The van der Waals surface area contributed by atoms with E-state index < -0.39 is 0 Å². The van der Waals surface area contributed by atoms with Crippen LogP contribution in [0.5, 0.6) is 5.75 Å². The highest BCUT2D eigenvalue weighted by Crippen LogP contribution is 2.16. The van der Waals surface area contributed by atoms with E-state index in [0.717, 1.165) is 24.3 Å². The molecule has 0 radical (unpaired) electrons. The molecule has 0 fully saturated rings. The highest BCUT2D eigenvalue weighted by Gasteiger charge is 2.02. The fourth-order valence-electron chi connectivity index (χ4n) is 1.92. The Morgan fingerprint density at radius 1 is 1.15 bits per heavy atom. The van der Waals surface area contributed by atoms with E-state index in [1.165, 1.54) is 19.3 Å². The zero-order valence-corrected chi connectivity index (χ0v) is 12.4. The molecular formula is C16H26N2O2. The second-order valence-corrected chi connectivity index (χ2v) is 4.87. The Balaban J connectivity index is 2.24. The number of carbonyl (C=O) groups excluding carboxylic acids is 1. The maximum absolute atomic E-state index is 11.7. The first kappa shape index (κ1) is 16.5. The minimum Gasteiger partial charge on any atom is -0.492 e. The molecular weight excluding hydrogens is 252 g/mol. The van der Waals surface area contributed by atoms with Crippen LogP contribution in [0.1, 0.15) is 45.4 Å². The Hall–Kier alpha value is -1.55. The van der Waals surface area contributed by atoms with E-state index in [2.05, 4.69) is 12.2 Å². The molecule has 3 N–H and O–H groups in total. The molecule has 0 spiro atoms. The van der Waals surface area contributed by atoms with Gasteiger partial charge in [0.25, 0.3) is 0 Å². The van der Waals surface area contributed by atoms with Crippen molar-refractivity contribution in [1.82, 2.24) is 0 Å². The number of benzene rings is 1. The molecule has 0 aromatic heterocycles. The molecule has 20 heavy (non-hydrogen) atoms. The molecule has 0 aliphatic rings. The van der Waals surface area contributed by atoms with Gasteiger partial charge in [-0.2, -0.15) is 0 Å². The first-order chi connectivity index (χ1) is 9.76. The third kappa shape index (κ3) is 7.14. The van der Waals surface area contributed by atoms with Crippen LogP contribution in [0.4, 0.5) is 5.69 Å². The molecule has 4 nitrogen and oxygen atoms in total. The molecule has 0 atom stereocenters. The number of amides is 1. The van der Waals surface area contributed by atoms with Gasteiger partial charge in [0.1, 0.15) is 12.4 Å². The maximum Gasteiger partial charge on any atom is 0.224 e. The minimum atomic E-state index is 0.0807. The third-order valence-corrected chi connectivity index (χ3v) is 3.03. The topological polar surface area (TPSA) is 64.3 Å². The van der Waals surface area contributed by atoms with Gasteiger partial charge in [-0.05, 0) is 30.7 Å². The molecule has 1 rings (SSSR count). The molecule has 1 amide bonds. The number of hydrogen-bond acceptors (Lipinski definition) is 3. The van der Waals surface area contributed by atoms with Gasteiger partial charge in [-0.1, -0.05) is 32.6 Å².